The smallest absolute Gasteiger partial charge is 0.330 e. The average Bonchev–Trinajstić information content (AvgIpc) is 2.34. The van der Waals surface area contributed by atoms with Crippen LogP contribution in [0, 0.1) is 11.3 Å². The number of hydrogen-bond acceptors (Lipinski definition) is 2. The number of benzene rings is 1. The van der Waals surface area contributed by atoms with Crippen LogP contribution in [-0.4, -0.2) is 17.0 Å². The van der Waals surface area contributed by atoms with Crippen molar-refractivity contribution >= 4 is 11.9 Å². The van der Waals surface area contributed by atoms with Gasteiger partial charge in [-0.15, -0.1) is 0 Å². The molecule has 2 N–H and O–H groups in total. The predicted octanol–water partition coefficient (Wildman–Crippen LogP) is 3.39. The van der Waals surface area contributed by atoms with Gasteiger partial charge < -0.3 is 10.4 Å². The molecule has 4 nitrogen and oxygen atoms in total. The number of carbonyl (C=O) groups is 2. The van der Waals surface area contributed by atoms with Crippen LogP contribution in [-0.2, 0) is 9.59 Å². The molecule has 0 saturated carbocycles. The van der Waals surface area contributed by atoms with Crippen LogP contribution in [0.25, 0.3) is 0 Å². The number of carboxylic acids is 1. The number of nitrogens with one attached hydrogen (secondary N) is 1. The Balaban J connectivity index is 2.64. The molecule has 0 saturated heterocycles. The predicted molar refractivity (Wildman–Crippen MR) is 82.8 cm³/mol. The second-order valence-electron chi connectivity index (χ2n) is 6.82. The van der Waals surface area contributed by atoms with Crippen molar-refractivity contribution in [1.29, 1.82) is 0 Å². The molecule has 116 valence electrons. The molecule has 0 aromatic heterocycles. The van der Waals surface area contributed by atoms with Crippen molar-refractivity contribution in [3.05, 3.63) is 35.9 Å². The van der Waals surface area contributed by atoms with E-state index in [4.69, 9.17) is 0 Å². The quantitative estimate of drug-likeness (QED) is 0.844. The second-order valence-corrected chi connectivity index (χ2v) is 6.82. The van der Waals surface area contributed by atoms with Crippen LogP contribution >= 0.6 is 0 Å². The minimum Gasteiger partial charge on any atom is -0.479 e. The van der Waals surface area contributed by atoms with Gasteiger partial charge in [0.25, 0.3) is 0 Å². The number of rotatable bonds is 6. The molecule has 21 heavy (non-hydrogen) atoms. The van der Waals surface area contributed by atoms with E-state index in [1.165, 1.54) is 0 Å². The maximum atomic E-state index is 12.1. The van der Waals surface area contributed by atoms with Crippen molar-refractivity contribution in [3.63, 3.8) is 0 Å². The van der Waals surface area contributed by atoms with Gasteiger partial charge in [-0.2, -0.15) is 0 Å². The molecule has 1 amide bonds. The van der Waals surface area contributed by atoms with Gasteiger partial charge in [-0.05, 0) is 23.3 Å². The highest BCUT2D eigenvalue weighted by Crippen LogP contribution is 2.26. The van der Waals surface area contributed by atoms with Crippen LogP contribution in [0.3, 0.4) is 0 Å². The summed E-state index contributed by atoms with van der Waals surface area (Å²) in [5.41, 5.74) is 0.743. The third kappa shape index (κ3) is 6.43. The molecule has 0 bridgehead atoms. The molecule has 0 aliphatic rings. The number of aliphatic carboxylic acids is 1. The Morgan fingerprint density at radius 2 is 1.76 bits per heavy atom. The Bertz CT molecular complexity index is 477. The SMILES string of the molecule is CC(CC(=O)NC(C(=O)O)c1ccccc1)CC(C)(C)C. The summed E-state index contributed by atoms with van der Waals surface area (Å²) in [7, 11) is 0. The highest BCUT2D eigenvalue weighted by molar-refractivity contribution is 5.84. The lowest BCUT2D eigenvalue weighted by molar-refractivity contribution is -0.142. The lowest BCUT2D eigenvalue weighted by Crippen LogP contribution is -2.34. The zero-order valence-corrected chi connectivity index (χ0v) is 13.2. The van der Waals surface area contributed by atoms with Gasteiger partial charge in [-0.3, -0.25) is 4.79 Å². The summed E-state index contributed by atoms with van der Waals surface area (Å²) in [6.07, 6.45) is 1.26. The second kappa shape index (κ2) is 7.25. The highest BCUT2D eigenvalue weighted by Gasteiger charge is 2.23. The number of carboxylic acid groups (broad SMARTS) is 1. The summed E-state index contributed by atoms with van der Waals surface area (Å²) < 4.78 is 0. The summed E-state index contributed by atoms with van der Waals surface area (Å²) in [5.74, 6) is -1.05. The van der Waals surface area contributed by atoms with E-state index < -0.39 is 12.0 Å². The first-order valence-corrected chi connectivity index (χ1v) is 7.26. The van der Waals surface area contributed by atoms with Crippen LogP contribution in [0.5, 0.6) is 0 Å². The first-order chi connectivity index (χ1) is 9.69. The zero-order valence-electron chi connectivity index (χ0n) is 13.2. The van der Waals surface area contributed by atoms with Gasteiger partial charge in [0, 0.05) is 6.42 Å². The minimum absolute atomic E-state index is 0.158. The van der Waals surface area contributed by atoms with Crippen molar-refractivity contribution in [2.75, 3.05) is 0 Å². The maximum Gasteiger partial charge on any atom is 0.330 e. The van der Waals surface area contributed by atoms with Crippen molar-refractivity contribution in [2.24, 2.45) is 11.3 Å². The monoisotopic (exact) mass is 291 g/mol. The molecule has 1 rings (SSSR count). The van der Waals surface area contributed by atoms with Gasteiger partial charge in [0.15, 0.2) is 6.04 Å². The fraction of sp³-hybridized carbons (Fsp3) is 0.529. The van der Waals surface area contributed by atoms with E-state index in [0.717, 1.165) is 6.42 Å². The summed E-state index contributed by atoms with van der Waals surface area (Å²) in [4.78, 5) is 23.4. The Morgan fingerprint density at radius 3 is 2.24 bits per heavy atom. The van der Waals surface area contributed by atoms with Crippen LogP contribution in [0.15, 0.2) is 30.3 Å². The van der Waals surface area contributed by atoms with Crippen LogP contribution in [0.4, 0.5) is 0 Å². The Kier molecular flexibility index (Phi) is 5.94. The van der Waals surface area contributed by atoms with Crippen LogP contribution in [0.1, 0.15) is 52.1 Å². The van der Waals surface area contributed by atoms with Crippen molar-refractivity contribution < 1.29 is 14.7 Å². The van der Waals surface area contributed by atoms with Gasteiger partial charge >= 0.3 is 5.97 Å². The van der Waals surface area contributed by atoms with Gasteiger partial charge in [0.1, 0.15) is 0 Å². The van der Waals surface area contributed by atoms with E-state index >= 15 is 0 Å². The molecule has 1 aromatic carbocycles. The third-order valence-corrected chi connectivity index (χ3v) is 3.18. The minimum atomic E-state index is -1.04. The maximum absolute atomic E-state index is 12.1. The van der Waals surface area contributed by atoms with E-state index in [1.807, 2.05) is 13.0 Å². The molecule has 0 fully saturated rings. The fourth-order valence-corrected chi connectivity index (χ4v) is 2.59. The molecule has 0 radical (unpaired) electrons. The molecular formula is C17H25NO3. The topological polar surface area (TPSA) is 66.4 Å². The molecule has 4 heteroatoms. The first kappa shape index (κ1) is 17.2. The molecule has 0 aliphatic carbocycles. The highest BCUT2D eigenvalue weighted by atomic mass is 16.4. The Hall–Kier alpha value is -1.84. The number of amides is 1. The van der Waals surface area contributed by atoms with Crippen LogP contribution in [0.2, 0.25) is 0 Å². The molecule has 2 atom stereocenters. The van der Waals surface area contributed by atoms with E-state index in [1.54, 1.807) is 24.3 Å². The normalized spacial score (nSPS) is 14.3. The number of hydrogen-bond donors (Lipinski definition) is 2. The molecular weight excluding hydrogens is 266 g/mol. The van der Waals surface area contributed by atoms with E-state index in [9.17, 15) is 14.7 Å². The van der Waals surface area contributed by atoms with Crippen molar-refractivity contribution in [1.82, 2.24) is 5.32 Å². The zero-order chi connectivity index (χ0) is 16.0. The summed E-state index contributed by atoms with van der Waals surface area (Å²) >= 11 is 0. The molecule has 2 unspecified atom stereocenters. The van der Waals surface area contributed by atoms with Gasteiger partial charge in [-0.1, -0.05) is 58.0 Å². The fourth-order valence-electron chi connectivity index (χ4n) is 2.59. The summed E-state index contributed by atoms with van der Waals surface area (Å²) in [6.45, 7) is 8.41. The van der Waals surface area contributed by atoms with Crippen molar-refractivity contribution in [3.8, 4) is 0 Å². The van der Waals surface area contributed by atoms with E-state index in [2.05, 4.69) is 26.1 Å². The largest absolute Gasteiger partial charge is 0.479 e. The summed E-state index contributed by atoms with van der Waals surface area (Å²) in [5, 5.41) is 11.9. The first-order valence-electron chi connectivity index (χ1n) is 7.26. The summed E-state index contributed by atoms with van der Waals surface area (Å²) in [6, 6.07) is 7.77. The van der Waals surface area contributed by atoms with Gasteiger partial charge in [0.2, 0.25) is 5.91 Å². The van der Waals surface area contributed by atoms with Gasteiger partial charge in [0.05, 0.1) is 0 Å². The van der Waals surface area contributed by atoms with Gasteiger partial charge in [-0.25, -0.2) is 4.79 Å². The van der Waals surface area contributed by atoms with E-state index in [-0.39, 0.29) is 17.2 Å². The Labute approximate surface area is 126 Å². The Morgan fingerprint density at radius 1 is 1.19 bits per heavy atom. The van der Waals surface area contributed by atoms with Crippen LogP contribution < -0.4 is 5.32 Å². The third-order valence-electron chi connectivity index (χ3n) is 3.18. The molecule has 1 aromatic rings. The van der Waals surface area contributed by atoms with E-state index in [0.29, 0.717) is 12.0 Å². The lowest BCUT2D eigenvalue weighted by atomic mass is 9.84. The molecule has 0 aliphatic heterocycles. The van der Waals surface area contributed by atoms with Crippen molar-refractivity contribution in [2.45, 2.75) is 46.6 Å². The average molecular weight is 291 g/mol. The standard InChI is InChI=1S/C17H25NO3/c1-12(11-17(2,3)4)10-14(19)18-15(16(20)21)13-8-6-5-7-9-13/h5-9,12,15H,10-11H2,1-4H3,(H,18,19)(H,20,21). The lowest BCUT2D eigenvalue weighted by Gasteiger charge is -2.23. The number of carbonyl (C=O) groups excluding carboxylic acids is 1. The molecule has 0 heterocycles. The molecule has 0 spiro atoms.